The number of benzene rings is 1. The Hall–Kier alpha value is -2.77. The second-order valence-electron chi connectivity index (χ2n) is 7.50. The molecule has 1 aromatic heterocycles. The van der Waals surface area contributed by atoms with Gasteiger partial charge in [-0.05, 0) is 25.0 Å². The van der Waals surface area contributed by atoms with Crippen LogP contribution >= 0.6 is 0 Å². The molecule has 1 aromatic carbocycles. The van der Waals surface area contributed by atoms with Gasteiger partial charge in [-0.1, -0.05) is 18.9 Å². The first kappa shape index (κ1) is 19.5. The summed E-state index contributed by atoms with van der Waals surface area (Å²) in [7, 11) is 3.32. The third-order valence-corrected chi connectivity index (χ3v) is 5.64. The first-order chi connectivity index (χ1) is 14.3. The molecule has 0 unspecified atom stereocenters. The van der Waals surface area contributed by atoms with Gasteiger partial charge in [-0.3, -0.25) is 0 Å². The molecule has 2 aliphatic rings. The Morgan fingerprint density at radius 1 is 0.690 bits per heavy atom. The quantitative estimate of drug-likeness (QED) is 0.761. The van der Waals surface area contributed by atoms with E-state index >= 15 is 0 Å². The van der Waals surface area contributed by atoms with Gasteiger partial charge >= 0.3 is 6.01 Å². The zero-order chi connectivity index (χ0) is 20.1. The van der Waals surface area contributed by atoms with Crippen LogP contribution in [0.1, 0.15) is 25.7 Å². The molecule has 29 heavy (non-hydrogen) atoms. The van der Waals surface area contributed by atoms with Crippen LogP contribution in [0.3, 0.4) is 0 Å². The number of methoxy groups -OCH3 is 2. The number of hydrogen-bond acceptors (Lipinski definition) is 8. The number of rotatable bonds is 5. The van der Waals surface area contributed by atoms with Crippen LogP contribution in [0.2, 0.25) is 0 Å². The highest BCUT2D eigenvalue weighted by Gasteiger charge is 2.23. The van der Waals surface area contributed by atoms with E-state index in [-0.39, 0.29) is 0 Å². The maximum atomic E-state index is 5.38. The molecule has 0 radical (unpaired) electrons. The number of piperazine rings is 1. The van der Waals surface area contributed by atoms with Gasteiger partial charge in [0.05, 0.1) is 14.2 Å². The summed E-state index contributed by atoms with van der Waals surface area (Å²) in [6.07, 6.45) is 4.92. The van der Waals surface area contributed by atoms with Gasteiger partial charge < -0.3 is 24.2 Å². The molecule has 3 heterocycles. The predicted octanol–water partition coefficient (Wildman–Crippen LogP) is 2.60. The molecule has 2 aliphatic heterocycles. The number of anilines is 3. The Labute approximate surface area is 172 Å². The van der Waals surface area contributed by atoms with Gasteiger partial charge in [-0.2, -0.15) is 15.0 Å². The molecule has 0 saturated carbocycles. The molecule has 0 spiro atoms. The second kappa shape index (κ2) is 9.15. The smallest absolute Gasteiger partial charge is 0.322 e. The van der Waals surface area contributed by atoms with Crippen molar-refractivity contribution in [3.63, 3.8) is 0 Å². The third-order valence-electron chi connectivity index (χ3n) is 5.64. The van der Waals surface area contributed by atoms with Crippen LogP contribution in [-0.2, 0) is 0 Å². The summed E-state index contributed by atoms with van der Waals surface area (Å²) in [5.74, 6) is 2.33. The maximum Gasteiger partial charge on any atom is 0.322 e. The molecule has 156 valence electrons. The summed E-state index contributed by atoms with van der Waals surface area (Å²) >= 11 is 0. The topological polar surface area (TPSA) is 66.8 Å². The Morgan fingerprint density at radius 3 is 1.93 bits per heavy atom. The van der Waals surface area contributed by atoms with Crippen LogP contribution in [0.15, 0.2) is 24.3 Å². The summed E-state index contributed by atoms with van der Waals surface area (Å²) in [5.41, 5.74) is 1.18. The van der Waals surface area contributed by atoms with Crippen LogP contribution in [0.25, 0.3) is 0 Å². The second-order valence-corrected chi connectivity index (χ2v) is 7.50. The third kappa shape index (κ3) is 4.63. The minimum Gasteiger partial charge on any atom is -0.497 e. The Morgan fingerprint density at radius 2 is 1.31 bits per heavy atom. The number of nitrogens with zero attached hydrogens (tertiary/aromatic N) is 6. The van der Waals surface area contributed by atoms with Crippen molar-refractivity contribution in [3.05, 3.63) is 24.3 Å². The van der Waals surface area contributed by atoms with Crippen molar-refractivity contribution in [2.75, 3.05) is 68.2 Å². The number of hydrogen-bond donors (Lipinski definition) is 0. The van der Waals surface area contributed by atoms with Gasteiger partial charge in [0, 0.05) is 51.0 Å². The largest absolute Gasteiger partial charge is 0.497 e. The van der Waals surface area contributed by atoms with E-state index in [2.05, 4.69) is 36.8 Å². The van der Waals surface area contributed by atoms with Crippen molar-refractivity contribution in [2.45, 2.75) is 25.7 Å². The zero-order valence-electron chi connectivity index (χ0n) is 17.4. The SMILES string of the molecule is COc1cccc(N2CCN(c3nc(OC)nc(N4CCCCCC4)n3)CC2)c1. The molecular formula is C21H30N6O2. The highest BCUT2D eigenvalue weighted by Crippen LogP contribution is 2.25. The molecule has 8 heteroatoms. The molecule has 0 atom stereocenters. The summed E-state index contributed by atoms with van der Waals surface area (Å²) < 4.78 is 10.7. The first-order valence-electron chi connectivity index (χ1n) is 10.5. The lowest BCUT2D eigenvalue weighted by Crippen LogP contribution is -2.47. The van der Waals surface area contributed by atoms with Gasteiger partial charge in [-0.15, -0.1) is 0 Å². The lowest BCUT2D eigenvalue weighted by atomic mass is 10.2. The maximum absolute atomic E-state index is 5.38. The van der Waals surface area contributed by atoms with Gasteiger partial charge in [0.1, 0.15) is 5.75 Å². The van der Waals surface area contributed by atoms with Gasteiger partial charge in [0.2, 0.25) is 11.9 Å². The van der Waals surface area contributed by atoms with Crippen LogP contribution in [0.4, 0.5) is 17.6 Å². The highest BCUT2D eigenvalue weighted by atomic mass is 16.5. The number of ether oxygens (including phenoxy) is 2. The van der Waals surface area contributed by atoms with Crippen molar-refractivity contribution in [3.8, 4) is 11.8 Å². The van der Waals surface area contributed by atoms with E-state index in [0.29, 0.717) is 12.0 Å². The molecular weight excluding hydrogens is 368 g/mol. The van der Waals surface area contributed by atoms with E-state index in [0.717, 1.165) is 51.0 Å². The fraction of sp³-hybridized carbons (Fsp3) is 0.571. The minimum atomic E-state index is 0.393. The van der Waals surface area contributed by atoms with E-state index in [9.17, 15) is 0 Å². The standard InChI is InChI=1S/C21H30N6O2/c1-28-18-9-7-8-17(16-18)25-12-14-27(15-13-25)20-22-19(23-21(24-20)29-2)26-10-5-3-4-6-11-26/h7-9,16H,3-6,10-15H2,1-2H3. The van der Waals surface area contributed by atoms with Crippen molar-refractivity contribution in [2.24, 2.45) is 0 Å². The molecule has 0 bridgehead atoms. The molecule has 2 aromatic rings. The Kier molecular flexibility index (Phi) is 6.17. The van der Waals surface area contributed by atoms with Crippen molar-refractivity contribution >= 4 is 17.6 Å². The van der Waals surface area contributed by atoms with Crippen LogP contribution in [0.5, 0.6) is 11.8 Å². The Balaban J connectivity index is 1.47. The highest BCUT2D eigenvalue weighted by molar-refractivity contribution is 5.52. The van der Waals surface area contributed by atoms with E-state index in [1.165, 1.54) is 31.4 Å². The molecule has 0 aliphatic carbocycles. The number of aromatic nitrogens is 3. The summed E-state index contributed by atoms with van der Waals surface area (Å²) in [6.45, 7) is 5.50. The van der Waals surface area contributed by atoms with Crippen LogP contribution in [-0.4, -0.2) is 68.4 Å². The molecule has 0 N–H and O–H groups in total. The average molecular weight is 399 g/mol. The van der Waals surface area contributed by atoms with Crippen molar-refractivity contribution in [1.29, 1.82) is 0 Å². The molecule has 8 nitrogen and oxygen atoms in total. The van der Waals surface area contributed by atoms with Crippen LogP contribution < -0.4 is 24.2 Å². The lowest BCUT2D eigenvalue weighted by Gasteiger charge is -2.36. The fourth-order valence-electron chi connectivity index (χ4n) is 3.95. The van der Waals surface area contributed by atoms with Crippen LogP contribution in [0, 0.1) is 0 Å². The van der Waals surface area contributed by atoms with E-state index in [1.807, 2.05) is 12.1 Å². The van der Waals surface area contributed by atoms with E-state index < -0.39 is 0 Å². The van der Waals surface area contributed by atoms with Crippen molar-refractivity contribution < 1.29 is 9.47 Å². The van der Waals surface area contributed by atoms with E-state index in [4.69, 9.17) is 14.5 Å². The monoisotopic (exact) mass is 398 g/mol. The first-order valence-corrected chi connectivity index (χ1v) is 10.5. The molecule has 4 rings (SSSR count). The summed E-state index contributed by atoms with van der Waals surface area (Å²) in [4.78, 5) is 20.7. The minimum absolute atomic E-state index is 0.393. The molecule has 2 saturated heterocycles. The predicted molar refractivity (Wildman–Crippen MR) is 114 cm³/mol. The average Bonchev–Trinajstić information content (AvgIpc) is 3.08. The Bertz CT molecular complexity index is 802. The zero-order valence-corrected chi connectivity index (χ0v) is 17.4. The summed E-state index contributed by atoms with van der Waals surface area (Å²) in [5, 5.41) is 0. The normalized spacial score (nSPS) is 17.8. The summed E-state index contributed by atoms with van der Waals surface area (Å²) in [6, 6.07) is 8.61. The van der Waals surface area contributed by atoms with E-state index in [1.54, 1.807) is 14.2 Å². The van der Waals surface area contributed by atoms with Crippen molar-refractivity contribution in [1.82, 2.24) is 15.0 Å². The lowest BCUT2D eigenvalue weighted by molar-refractivity contribution is 0.377. The molecule has 0 amide bonds. The molecule has 2 fully saturated rings. The van der Waals surface area contributed by atoms with Gasteiger partial charge in [0.15, 0.2) is 0 Å². The fourth-order valence-corrected chi connectivity index (χ4v) is 3.95. The van der Waals surface area contributed by atoms with Gasteiger partial charge in [-0.25, -0.2) is 0 Å². The van der Waals surface area contributed by atoms with Gasteiger partial charge in [0.25, 0.3) is 0 Å².